The molecule has 3 nitrogen and oxygen atoms in total. The van der Waals surface area contributed by atoms with Gasteiger partial charge >= 0.3 is 0 Å². The highest BCUT2D eigenvalue weighted by Crippen LogP contribution is 2.13. The number of rotatable bonds is 4. The Morgan fingerprint density at radius 2 is 2.21 bits per heavy atom. The van der Waals surface area contributed by atoms with Gasteiger partial charge in [0.2, 0.25) is 0 Å². The number of nitriles is 1. The lowest BCUT2D eigenvalue weighted by Gasteiger charge is -2.22. The van der Waals surface area contributed by atoms with Crippen molar-refractivity contribution in [2.75, 3.05) is 13.6 Å². The molecule has 0 bridgehead atoms. The third-order valence-electron chi connectivity index (χ3n) is 2.93. The summed E-state index contributed by atoms with van der Waals surface area (Å²) in [5.74, 6) is 5.03. The Morgan fingerprint density at radius 1 is 1.47 bits per heavy atom. The summed E-state index contributed by atoms with van der Waals surface area (Å²) < 4.78 is 13.5. The Hall–Kier alpha value is -1.88. The average molecular weight is 259 g/mol. The van der Waals surface area contributed by atoms with Gasteiger partial charge in [0.15, 0.2) is 0 Å². The van der Waals surface area contributed by atoms with Gasteiger partial charge in [0, 0.05) is 12.6 Å². The summed E-state index contributed by atoms with van der Waals surface area (Å²) in [5.41, 5.74) is 6.62. The maximum Gasteiger partial charge on any atom is 0.138 e. The zero-order chi connectivity index (χ0) is 14.3. The van der Waals surface area contributed by atoms with Crippen molar-refractivity contribution in [3.05, 3.63) is 35.1 Å². The Kier molecular flexibility index (Phi) is 6.02. The number of halogens is 1. The zero-order valence-corrected chi connectivity index (χ0v) is 11.3. The smallest absolute Gasteiger partial charge is 0.138 e. The quantitative estimate of drug-likeness (QED) is 0.840. The Labute approximate surface area is 113 Å². The van der Waals surface area contributed by atoms with Crippen LogP contribution in [0.25, 0.3) is 0 Å². The molecule has 0 aliphatic rings. The molecule has 0 spiro atoms. The molecule has 1 aromatic carbocycles. The summed E-state index contributed by atoms with van der Waals surface area (Å²) in [6, 6.07) is 7.19. The molecule has 0 aliphatic heterocycles. The minimum atomic E-state index is -0.336. The third kappa shape index (κ3) is 4.71. The van der Waals surface area contributed by atoms with E-state index in [0.29, 0.717) is 18.5 Å². The van der Waals surface area contributed by atoms with Crippen LogP contribution in [0.4, 0.5) is 4.39 Å². The second-order valence-electron chi connectivity index (χ2n) is 4.45. The van der Waals surface area contributed by atoms with Crippen molar-refractivity contribution in [2.24, 2.45) is 5.73 Å². The van der Waals surface area contributed by atoms with E-state index in [2.05, 4.69) is 22.8 Å². The number of hydrogen-bond acceptors (Lipinski definition) is 3. The topological polar surface area (TPSA) is 53.0 Å². The van der Waals surface area contributed by atoms with Crippen molar-refractivity contribution < 1.29 is 4.39 Å². The Morgan fingerprint density at radius 3 is 2.84 bits per heavy atom. The number of benzene rings is 1. The molecule has 0 saturated carbocycles. The van der Waals surface area contributed by atoms with Crippen LogP contribution >= 0.6 is 0 Å². The summed E-state index contributed by atoms with van der Waals surface area (Å²) in [5, 5.41) is 8.67. The van der Waals surface area contributed by atoms with E-state index < -0.39 is 0 Å². The monoisotopic (exact) mass is 259 g/mol. The van der Waals surface area contributed by atoms with Gasteiger partial charge in [-0.05, 0) is 31.7 Å². The van der Waals surface area contributed by atoms with Crippen LogP contribution in [0.5, 0.6) is 0 Å². The van der Waals surface area contributed by atoms with Gasteiger partial charge in [-0.1, -0.05) is 17.9 Å². The van der Waals surface area contributed by atoms with Gasteiger partial charge < -0.3 is 5.73 Å². The van der Waals surface area contributed by atoms with Crippen molar-refractivity contribution in [1.29, 1.82) is 5.26 Å². The molecule has 1 aromatic rings. The second kappa shape index (κ2) is 7.53. The SMILES string of the molecule is CC(CC#N)N(C)Cc1ccc(F)c(C#CCN)c1. The average Bonchev–Trinajstić information content (AvgIpc) is 2.39. The van der Waals surface area contributed by atoms with Crippen LogP contribution in [0.1, 0.15) is 24.5 Å². The highest BCUT2D eigenvalue weighted by atomic mass is 19.1. The number of nitrogens with zero attached hydrogens (tertiary/aromatic N) is 2. The van der Waals surface area contributed by atoms with E-state index in [4.69, 9.17) is 11.0 Å². The first-order valence-electron chi connectivity index (χ1n) is 6.13. The van der Waals surface area contributed by atoms with Gasteiger partial charge in [-0.25, -0.2) is 4.39 Å². The van der Waals surface area contributed by atoms with E-state index in [9.17, 15) is 4.39 Å². The van der Waals surface area contributed by atoms with Crippen LogP contribution in [-0.2, 0) is 6.54 Å². The molecule has 4 heteroatoms. The van der Waals surface area contributed by atoms with Crippen molar-refractivity contribution >= 4 is 0 Å². The summed E-state index contributed by atoms with van der Waals surface area (Å²) in [6.45, 7) is 2.85. The lowest BCUT2D eigenvalue weighted by atomic mass is 10.1. The van der Waals surface area contributed by atoms with E-state index in [1.165, 1.54) is 6.07 Å². The van der Waals surface area contributed by atoms with Crippen LogP contribution in [-0.4, -0.2) is 24.5 Å². The molecular formula is C15H18FN3. The maximum absolute atomic E-state index is 13.5. The molecule has 0 aliphatic carbocycles. The van der Waals surface area contributed by atoms with Crippen molar-refractivity contribution in [3.63, 3.8) is 0 Å². The molecule has 1 atom stereocenters. The second-order valence-corrected chi connectivity index (χ2v) is 4.45. The van der Waals surface area contributed by atoms with Gasteiger partial charge in [-0.2, -0.15) is 5.26 Å². The molecular weight excluding hydrogens is 241 g/mol. The zero-order valence-electron chi connectivity index (χ0n) is 11.3. The minimum absolute atomic E-state index is 0.161. The van der Waals surface area contributed by atoms with Crippen LogP contribution < -0.4 is 5.73 Å². The molecule has 0 radical (unpaired) electrons. The standard InChI is InChI=1S/C15H18FN3/c1-12(7-9-18)19(2)11-13-5-6-15(16)14(10-13)4-3-8-17/h5-6,10,12H,7-8,11,17H2,1-2H3. The van der Waals surface area contributed by atoms with Gasteiger partial charge in [0.1, 0.15) is 5.82 Å². The molecule has 100 valence electrons. The van der Waals surface area contributed by atoms with Gasteiger partial charge in [0.05, 0.1) is 24.6 Å². The van der Waals surface area contributed by atoms with Crippen LogP contribution in [0.15, 0.2) is 18.2 Å². The summed E-state index contributed by atoms with van der Waals surface area (Å²) in [6.07, 6.45) is 0.470. The summed E-state index contributed by atoms with van der Waals surface area (Å²) in [7, 11) is 1.94. The van der Waals surface area contributed by atoms with Gasteiger partial charge in [-0.15, -0.1) is 0 Å². The van der Waals surface area contributed by atoms with Gasteiger partial charge in [0.25, 0.3) is 0 Å². The molecule has 1 rings (SSSR count). The van der Waals surface area contributed by atoms with Crippen molar-refractivity contribution in [2.45, 2.75) is 25.9 Å². The fourth-order valence-corrected chi connectivity index (χ4v) is 1.64. The lowest BCUT2D eigenvalue weighted by molar-refractivity contribution is 0.252. The Bertz CT molecular complexity index is 522. The third-order valence-corrected chi connectivity index (χ3v) is 2.93. The van der Waals surface area contributed by atoms with E-state index in [-0.39, 0.29) is 18.4 Å². The molecule has 1 unspecified atom stereocenters. The van der Waals surface area contributed by atoms with Crippen molar-refractivity contribution in [1.82, 2.24) is 4.90 Å². The highest BCUT2D eigenvalue weighted by molar-refractivity contribution is 5.38. The van der Waals surface area contributed by atoms with Crippen LogP contribution in [0.3, 0.4) is 0 Å². The lowest BCUT2D eigenvalue weighted by Crippen LogP contribution is -2.28. The first-order valence-corrected chi connectivity index (χ1v) is 6.13. The molecule has 0 fully saturated rings. The minimum Gasteiger partial charge on any atom is -0.320 e. The largest absolute Gasteiger partial charge is 0.320 e. The molecule has 0 saturated heterocycles. The maximum atomic E-state index is 13.5. The first kappa shape index (κ1) is 15.2. The summed E-state index contributed by atoms with van der Waals surface area (Å²) >= 11 is 0. The number of hydrogen-bond donors (Lipinski definition) is 1. The predicted octanol–water partition coefficient (Wildman–Crippen LogP) is 1.87. The normalized spacial score (nSPS) is 11.6. The van der Waals surface area contributed by atoms with Crippen molar-refractivity contribution in [3.8, 4) is 17.9 Å². The first-order chi connectivity index (χ1) is 9.08. The van der Waals surface area contributed by atoms with Gasteiger partial charge in [-0.3, -0.25) is 4.90 Å². The Balaban J connectivity index is 2.82. The highest BCUT2D eigenvalue weighted by Gasteiger charge is 2.10. The fraction of sp³-hybridized carbons (Fsp3) is 0.400. The summed E-state index contributed by atoms with van der Waals surface area (Å²) in [4.78, 5) is 2.05. The molecule has 0 aromatic heterocycles. The predicted molar refractivity (Wildman–Crippen MR) is 73.5 cm³/mol. The van der Waals surface area contributed by atoms with Crippen LogP contribution in [0.2, 0.25) is 0 Å². The van der Waals surface area contributed by atoms with E-state index in [1.807, 2.05) is 14.0 Å². The number of nitrogens with two attached hydrogens (primary N) is 1. The van der Waals surface area contributed by atoms with E-state index in [1.54, 1.807) is 12.1 Å². The molecule has 19 heavy (non-hydrogen) atoms. The van der Waals surface area contributed by atoms with E-state index in [0.717, 1.165) is 5.56 Å². The van der Waals surface area contributed by atoms with Crippen LogP contribution in [0, 0.1) is 29.0 Å². The fourth-order valence-electron chi connectivity index (χ4n) is 1.64. The molecule has 0 amide bonds. The molecule has 0 heterocycles. The molecule has 2 N–H and O–H groups in total. The van der Waals surface area contributed by atoms with E-state index >= 15 is 0 Å².